The third-order valence-electron chi connectivity index (χ3n) is 5.83. The Balaban J connectivity index is 1.35. The summed E-state index contributed by atoms with van der Waals surface area (Å²) in [6, 6.07) is 6.39. The van der Waals surface area contributed by atoms with Gasteiger partial charge in [-0.3, -0.25) is 4.79 Å². The minimum Gasteiger partial charge on any atom is -0.356 e. The average Bonchev–Trinajstić information content (AvgIpc) is 3.35. The van der Waals surface area contributed by atoms with Gasteiger partial charge >= 0.3 is 0 Å². The molecule has 2 aromatic rings. The van der Waals surface area contributed by atoms with Crippen LogP contribution in [-0.2, 0) is 11.2 Å². The van der Waals surface area contributed by atoms with Crippen molar-refractivity contribution in [2.75, 3.05) is 0 Å². The van der Waals surface area contributed by atoms with Crippen LogP contribution in [0.4, 0.5) is 0 Å². The van der Waals surface area contributed by atoms with E-state index in [0.29, 0.717) is 11.8 Å². The maximum atomic E-state index is 12.5. The van der Waals surface area contributed by atoms with E-state index in [1.54, 1.807) is 6.08 Å². The number of aryl methyl sites for hydroxylation is 1. The summed E-state index contributed by atoms with van der Waals surface area (Å²) in [5.74, 6) is 1.34. The van der Waals surface area contributed by atoms with Crippen LogP contribution >= 0.6 is 15.9 Å². The summed E-state index contributed by atoms with van der Waals surface area (Å²) in [6.07, 6.45) is 14.6. The Morgan fingerprint density at radius 1 is 1.35 bits per heavy atom. The lowest BCUT2D eigenvalue weighted by atomic mass is 9.91. The highest BCUT2D eigenvalue weighted by Crippen LogP contribution is 2.47. The molecule has 3 unspecified atom stereocenters. The van der Waals surface area contributed by atoms with Gasteiger partial charge in [0.25, 0.3) is 0 Å². The summed E-state index contributed by atoms with van der Waals surface area (Å²) in [4.78, 5) is 16.0. The predicted octanol–water partition coefficient (Wildman–Crippen LogP) is 5.11. The highest BCUT2D eigenvalue weighted by Gasteiger charge is 2.38. The maximum Gasteiger partial charge on any atom is 0.244 e. The van der Waals surface area contributed by atoms with E-state index < -0.39 is 0 Å². The number of amides is 1. The first-order valence-corrected chi connectivity index (χ1v) is 10.2. The number of benzene rings is 1. The fraction of sp³-hybridized carbons (Fsp3) is 0.318. The van der Waals surface area contributed by atoms with E-state index in [4.69, 9.17) is 0 Å². The quantitative estimate of drug-likeness (QED) is 0.680. The lowest BCUT2D eigenvalue weighted by Gasteiger charge is -2.23. The second-order valence-electron chi connectivity index (χ2n) is 7.55. The molecule has 2 N–H and O–H groups in total. The Kier molecular flexibility index (Phi) is 3.89. The first kappa shape index (κ1) is 16.1. The molecule has 26 heavy (non-hydrogen) atoms. The molecule has 0 bridgehead atoms. The highest BCUT2D eigenvalue weighted by atomic mass is 79.9. The van der Waals surface area contributed by atoms with Gasteiger partial charge < -0.3 is 10.3 Å². The van der Waals surface area contributed by atoms with Crippen molar-refractivity contribution in [3.63, 3.8) is 0 Å². The minimum atomic E-state index is -0.00432. The first-order chi connectivity index (χ1) is 12.7. The van der Waals surface area contributed by atoms with E-state index in [2.05, 4.69) is 62.7 Å². The van der Waals surface area contributed by atoms with Crippen molar-refractivity contribution in [3.05, 3.63) is 69.9 Å². The van der Waals surface area contributed by atoms with Gasteiger partial charge in [-0.15, -0.1) is 0 Å². The van der Waals surface area contributed by atoms with Crippen LogP contribution in [-0.4, -0.2) is 10.9 Å². The van der Waals surface area contributed by atoms with E-state index >= 15 is 0 Å². The van der Waals surface area contributed by atoms with Gasteiger partial charge in [-0.25, -0.2) is 0 Å². The maximum absolute atomic E-state index is 12.5. The summed E-state index contributed by atoms with van der Waals surface area (Å²) in [5.41, 5.74) is 4.96. The van der Waals surface area contributed by atoms with E-state index in [9.17, 15) is 4.79 Å². The van der Waals surface area contributed by atoms with Crippen LogP contribution in [0.15, 0.2) is 58.6 Å². The lowest BCUT2D eigenvalue weighted by molar-refractivity contribution is -0.117. The monoisotopic (exact) mass is 408 g/mol. The third-order valence-corrected chi connectivity index (χ3v) is 6.32. The molecule has 1 heterocycles. The number of aromatic nitrogens is 1. The van der Waals surface area contributed by atoms with E-state index in [0.717, 1.165) is 29.3 Å². The molecule has 1 aromatic heterocycles. The van der Waals surface area contributed by atoms with Gasteiger partial charge in [-0.05, 0) is 66.9 Å². The zero-order valence-corrected chi connectivity index (χ0v) is 16.1. The number of rotatable bonds is 3. The summed E-state index contributed by atoms with van der Waals surface area (Å²) in [6.45, 7) is 0. The fourth-order valence-corrected chi connectivity index (χ4v) is 4.75. The van der Waals surface area contributed by atoms with Gasteiger partial charge in [0.15, 0.2) is 0 Å². The van der Waals surface area contributed by atoms with Gasteiger partial charge in [0, 0.05) is 27.1 Å². The van der Waals surface area contributed by atoms with Crippen LogP contribution in [0, 0.1) is 11.8 Å². The van der Waals surface area contributed by atoms with E-state index in [-0.39, 0.29) is 11.9 Å². The fourth-order valence-electron chi connectivity index (χ4n) is 4.39. The van der Waals surface area contributed by atoms with Crippen LogP contribution in [0.1, 0.15) is 36.6 Å². The molecule has 0 aliphatic heterocycles. The Morgan fingerprint density at radius 2 is 2.27 bits per heavy atom. The molecule has 0 radical (unpaired) electrons. The van der Waals surface area contributed by atoms with Gasteiger partial charge in [-0.1, -0.05) is 40.2 Å². The van der Waals surface area contributed by atoms with Crippen molar-refractivity contribution in [2.24, 2.45) is 11.8 Å². The normalized spacial score (nSPS) is 26.5. The molecule has 132 valence electrons. The lowest BCUT2D eigenvalue weighted by Crippen LogP contribution is -2.29. The summed E-state index contributed by atoms with van der Waals surface area (Å²) >= 11 is 3.56. The van der Waals surface area contributed by atoms with Crippen LogP contribution < -0.4 is 5.32 Å². The molecule has 4 heteroatoms. The molecule has 1 saturated carbocycles. The van der Waals surface area contributed by atoms with E-state index in [1.165, 1.54) is 28.6 Å². The molecule has 5 rings (SSSR count). The first-order valence-electron chi connectivity index (χ1n) is 9.36. The zero-order chi connectivity index (χ0) is 17.7. The predicted molar refractivity (Wildman–Crippen MR) is 108 cm³/mol. The molecule has 0 saturated heterocycles. The van der Waals surface area contributed by atoms with Crippen molar-refractivity contribution in [2.45, 2.75) is 31.7 Å². The smallest absolute Gasteiger partial charge is 0.244 e. The van der Waals surface area contributed by atoms with Gasteiger partial charge in [0.2, 0.25) is 5.91 Å². The number of halogens is 1. The highest BCUT2D eigenvalue weighted by molar-refractivity contribution is 9.10. The Bertz CT molecular complexity index is 981. The SMILES string of the molecule is O=C(/C=C/C1=CC=CC2CC12)NC1CCCc2c1[nH]c1ccc(Br)cc21. The van der Waals surface area contributed by atoms with Crippen molar-refractivity contribution < 1.29 is 4.79 Å². The molecule has 3 atom stereocenters. The molecule has 3 nitrogen and oxygen atoms in total. The Morgan fingerprint density at radius 3 is 3.19 bits per heavy atom. The number of hydrogen-bond acceptors (Lipinski definition) is 1. The van der Waals surface area contributed by atoms with Crippen molar-refractivity contribution in [1.29, 1.82) is 0 Å². The third kappa shape index (κ3) is 2.86. The summed E-state index contributed by atoms with van der Waals surface area (Å²) in [5, 5.41) is 4.47. The molecular weight excluding hydrogens is 388 g/mol. The summed E-state index contributed by atoms with van der Waals surface area (Å²) in [7, 11) is 0. The molecule has 3 aliphatic carbocycles. The van der Waals surface area contributed by atoms with Crippen molar-refractivity contribution in [3.8, 4) is 0 Å². The average molecular weight is 409 g/mol. The molecule has 1 amide bonds. The van der Waals surface area contributed by atoms with Crippen molar-refractivity contribution >= 4 is 32.7 Å². The largest absolute Gasteiger partial charge is 0.356 e. The number of nitrogens with one attached hydrogen (secondary N) is 2. The summed E-state index contributed by atoms with van der Waals surface area (Å²) < 4.78 is 1.09. The molecule has 3 aliphatic rings. The van der Waals surface area contributed by atoms with Gasteiger partial charge in [0.1, 0.15) is 0 Å². The van der Waals surface area contributed by atoms with Gasteiger partial charge in [0.05, 0.1) is 6.04 Å². The minimum absolute atomic E-state index is 0.00432. The topological polar surface area (TPSA) is 44.9 Å². The Hall–Kier alpha value is -2.07. The number of carbonyl (C=O) groups is 1. The molecule has 1 fully saturated rings. The number of fused-ring (bicyclic) bond motifs is 4. The van der Waals surface area contributed by atoms with Crippen LogP contribution in [0.5, 0.6) is 0 Å². The number of H-pyrrole nitrogens is 1. The second-order valence-corrected chi connectivity index (χ2v) is 8.47. The van der Waals surface area contributed by atoms with Crippen molar-refractivity contribution in [1.82, 2.24) is 10.3 Å². The number of hydrogen-bond donors (Lipinski definition) is 2. The standard InChI is InChI=1S/C22H21BrN2O/c23-15-8-9-19-18(12-15)16-5-2-6-20(22(16)25-19)24-21(26)10-7-13-3-1-4-14-11-17(13)14/h1,3-4,7-10,12,14,17,20,25H,2,5-6,11H2,(H,24,26)/b10-7+. The van der Waals surface area contributed by atoms with Crippen LogP contribution in [0.3, 0.4) is 0 Å². The second kappa shape index (κ2) is 6.27. The Labute approximate surface area is 161 Å². The molecule has 0 spiro atoms. The van der Waals surface area contributed by atoms with E-state index in [1.807, 2.05) is 6.08 Å². The molecule has 1 aromatic carbocycles. The van der Waals surface area contributed by atoms with Crippen LogP contribution in [0.2, 0.25) is 0 Å². The molecular formula is C22H21BrN2O. The van der Waals surface area contributed by atoms with Gasteiger partial charge in [-0.2, -0.15) is 0 Å². The number of carbonyl (C=O) groups excluding carboxylic acids is 1. The zero-order valence-electron chi connectivity index (χ0n) is 14.5. The van der Waals surface area contributed by atoms with Crippen LogP contribution in [0.25, 0.3) is 10.9 Å². The number of aromatic amines is 1. The number of allylic oxidation sites excluding steroid dienone is 5.